The van der Waals surface area contributed by atoms with Gasteiger partial charge in [0.1, 0.15) is 5.82 Å². The maximum atomic E-state index is 14.8. The third-order valence-corrected chi connectivity index (χ3v) is 5.73. The van der Waals surface area contributed by atoms with Crippen molar-refractivity contribution in [1.29, 1.82) is 0 Å². The molecule has 172 valence electrons. The molecule has 1 aromatic carbocycles. The number of nitrogens with zero attached hydrogens (tertiary/aromatic N) is 2. The van der Waals surface area contributed by atoms with Gasteiger partial charge in [-0.15, -0.1) is 0 Å². The van der Waals surface area contributed by atoms with Gasteiger partial charge in [0.15, 0.2) is 11.6 Å². The summed E-state index contributed by atoms with van der Waals surface area (Å²) in [6.07, 6.45) is 3.75. The van der Waals surface area contributed by atoms with Gasteiger partial charge in [0.25, 0.3) is 5.91 Å². The van der Waals surface area contributed by atoms with Gasteiger partial charge in [-0.1, -0.05) is 43.2 Å². The molecule has 1 aliphatic carbocycles. The van der Waals surface area contributed by atoms with Gasteiger partial charge in [-0.25, -0.2) is 14.4 Å². The average Bonchev–Trinajstić information content (AvgIpc) is 2.82. The third kappa shape index (κ3) is 5.20. The summed E-state index contributed by atoms with van der Waals surface area (Å²) in [5.74, 6) is -0.941. The zero-order valence-electron chi connectivity index (χ0n) is 18.3. The number of methoxy groups -OCH3 is 1. The van der Waals surface area contributed by atoms with E-state index in [0.29, 0.717) is 17.3 Å². The number of benzene rings is 1. The number of carbonyl (C=O) groups excluding carboxylic acids is 1. The number of ether oxygens (including phenoxy) is 1. The first-order valence-electron chi connectivity index (χ1n) is 10.9. The van der Waals surface area contributed by atoms with Gasteiger partial charge in [-0.2, -0.15) is 0 Å². The number of rotatable bonds is 7. The SMILES string of the molecule is COc1cc(Nc2nc(N[C@@H]3CCCC[C@@H]3N)c(F)cc2C(N)=O)cc(-c2ccccc2)n1. The highest BCUT2D eigenvalue weighted by Crippen LogP contribution is 2.30. The Balaban J connectivity index is 1.70. The number of hydrogen-bond donors (Lipinski definition) is 4. The smallest absolute Gasteiger partial charge is 0.252 e. The lowest BCUT2D eigenvalue weighted by Crippen LogP contribution is -2.43. The minimum absolute atomic E-state index is 0.0224. The molecule has 1 fully saturated rings. The van der Waals surface area contributed by atoms with Crippen LogP contribution in [0.1, 0.15) is 36.0 Å². The van der Waals surface area contributed by atoms with Gasteiger partial charge in [0.05, 0.1) is 18.4 Å². The van der Waals surface area contributed by atoms with E-state index in [2.05, 4.69) is 20.6 Å². The normalized spacial score (nSPS) is 17.9. The lowest BCUT2D eigenvalue weighted by atomic mass is 9.91. The Hall–Kier alpha value is -3.72. The van der Waals surface area contributed by atoms with E-state index in [4.69, 9.17) is 16.2 Å². The molecule has 1 aliphatic rings. The molecular formula is C24H27FN6O2. The second kappa shape index (κ2) is 9.83. The Kier molecular flexibility index (Phi) is 6.69. The van der Waals surface area contributed by atoms with Crippen molar-refractivity contribution in [2.75, 3.05) is 17.7 Å². The van der Waals surface area contributed by atoms with E-state index in [1.165, 1.54) is 7.11 Å². The first-order chi connectivity index (χ1) is 15.9. The lowest BCUT2D eigenvalue weighted by Gasteiger charge is -2.30. The standard InChI is InChI=1S/C24H27FN6O2/c1-33-21-12-15(11-20(29-21)14-7-3-2-4-8-14)28-23-16(22(27)32)13-17(25)24(31-23)30-19-10-6-5-9-18(19)26/h2-4,7-8,11-13,18-19H,5-6,9-10,26H2,1H3,(H2,27,32)(H2,28,29,30,31)/t18-,19+/m0/s1. The van der Waals surface area contributed by atoms with E-state index in [1.54, 1.807) is 12.1 Å². The number of amides is 1. The summed E-state index contributed by atoms with van der Waals surface area (Å²) in [6.45, 7) is 0. The summed E-state index contributed by atoms with van der Waals surface area (Å²) in [5, 5.41) is 6.20. The topological polar surface area (TPSA) is 128 Å². The molecule has 2 atom stereocenters. The Labute approximate surface area is 191 Å². The fraction of sp³-hybridized carbons (Fsp3) is 0.292. The number of aromatic nitrogens is 2. The Bertz CT molecular complexity index is 1140. The number of pyridine rings is 2. The van der Waals surface area contributed by atoms with Gasteiger partial charge in [-0.05, 0) is 25.0 Å². The summed E-state index contributed by atoms with van der Waals surface area (Å²) in [5.41, 5.74) is 13.7. The molecule has 1 saturated carbocycles. The van der Waals surface area contributed by atoms with E-state index in [1.807, 2.05) is 30.3 Å². The Morgan fingerprint density at radius 2 is 1.85 bits per heavy atom. The van der Waals surface area contributed by atoms with Crippen LogP contribution in [0, 0.1) is 5.82 Å². The predicted molar refractivity (Wildman–Crippen MR) is 126 cm³/mol. The van der Waals surface area contributed by atoms with E-state index in [-0.39, 0.29) is 29.3 Å². The van der Waals surface area contributed by atoms with Crippen LogP contribution >= 0.6 is 0 Å². The van der Waals surface area contributed by atoms with Crippen LogP contribution in [0.5, 0.6) is 5.88 Å². The molecule has 0 unspecified atom stereocenters. The largest absolute Gasteiger partial charge is 0.481 e. The average molecular weight is 451 g/mol. The highest BCUT2D eigenvalue weighted by atomic mass is 19.1. The van der Waals surface area contributed by atoms with Crippen molar-refractivity contribution >= 4 is 23.2 Å². The molecule has 0 spiro atoms. The number of nitrogens with one attached hydrogen (secondary N) is 2. The number of primary amides is 1. The van der Waals surface area contributed by atoms with Crippen molar-refractivity contribution in [3.8, 4) is 17.1 Å². The molecule has 0 radical (unpaired) electrons. The molecule has 3 aromatic rings. The van der Waals surface area contributed by atoms with Crippen molar-refractivity contribution in [3.63, 3.8) is 0 Å². The van der Waals surface area contributed by atoms with E-state index in [9.17, 15) is 9.18 Å². The summed E-state index contributed by atoms with van der Waals surface area (Å²) in [4.78, 5) is 20.9. The van der Waals surface area contributed by atoms with Gasteiger partial charge in [0, 0.05) is 29.4 Å². The zero-order valence-corrected chi connectivity index (χ0v) is 18.3. The van der Waals surface area contributed by atoms with Gasteiger partial charge >= 0.3 is 0 Å². The molecule has 2 aromatic heterocycles. The molecule has 4 rings (SSSR count). The van der Waals surface area contributed by atoms with Crippen LogP contribution in [0.3, 0.4) is 0 Å². The molecule has 1 amide bonds. The van der Waals surface area contributed by atoms with Crippen LogP contribution in [0.25, 0.3) is 11.3 Å². The summed E-state index contributed by atoms with van der Waals surface area (Å²) in [6, 6.07) is 13.9. The highest BCUT2D eigenvalue weighted by Gasteiger charge is 2.24. The molecule has 8 nitrogen and oxygen atoms in total. The maximum Gasteiger partial charge on any atom is 0.252 e. The maximum absolute atomic E-state index is 14.8. The van der Waals surface area contributed by atoms with Crippen LogP contribution in [-0.4, -0.2) is 35.1 Å². The van der Waals surface area contributed by atoms with Crippen molar-refractivity contribution in [2.24, 2.45) is 11.5 Å². The number of nitrogens with two attached hydrogens (primary N) is 2. The highest BCUT2D eigenvalue weighted by molar-refractivity contribution is 5.98. The van der Waals surface area contributed by atoms with E-state index < -0.39 is 11.7 Å². The summed E-state index contributed by atoms with van der Waals surface area (Å²) >= 11 is 0. The number of hydrogen-bond acceptors (Lipinski definition) is 7. The Morgan fingerprint density at radius 3 is 2.55 bits per heavy atom. The molecule has 33 heavy (non-hydrogen) atoms. The molecule has 0 aliphatic heterocycles. The fourth-order valence-electron chi connectivity index (χ4n) is 3.96. The second-order valence-electron chi connectivity index (χ2n) is 8.05. The zero-order chi connectivity index (χ0) is 23.4. The summed E-state index contributed by atoms with van der Waals surface area (Å²) < 4.78 is 20.1. The first-order valence-corrected chi connectivity index (χ1v) is 10.9. The number of anilines is 3. The van der Waals surface area contributed by atoms with Crippen molar-refractivity contribution < 1.29 is 13.9 Å². The molecule has 0 saturated heterocycles. The van der Waals surface area contributed by atoms with Crippen LogP contribution < -0.4 is 26.8 Å². The molecule has 6 N–H and O–H groups in total. The van der Waals surface area contributed by atoms with E-state index in [0.717, 1.165) is 37.3 Å². The third-order valence-electron chi connectivity index (χ3n) is 5.73. The molecule has 0 bridgehead atoms. The first kappa shape index (κ1) is 22.5. The van der Waals surface area contributed by atoms with Crippen molar-refractivity contribution in [1.82, 2.24) is 9.97 Å². The van der Waals surface area contributed by atoms with Crippen molar-refractivity contribution in [3.05, 3.63) is 59.9 Å². The van der Waals surface area contributed by atoms with Crippen LogP contribution in [-0.2, 0) is 0 Å². The van der Waals surface area contributed by atoms with Gasteiger partial charge in [-0.3, -0.25) is 4.79 Å². The lowest BCUT2D eigenvalue weighted by molar-refractivity contribution is 0.100. The number of halogens is 1. The molecule has 2 heterocycles. The van der Waals surface area contributed by atoms with E-state index >= 15 is 0 Å². The number of carbonyl (C=O) groups is 1. The second-order valence-corrected chi connectivity index (χ2v) is 8.05. The van der Waals surface area contributed by atoms with Crippen LogP contribution in [0.4, 0.5) is 21.7 Å². The quantitative estimate of drug-likeness (QED) is 0.431. The Morgan fingerprint density at radius 1 is 1.09 bits per heavy atom. The minimum Gasteiger partial charge on any atom is -0.481 e. The minimum atomic E-state index is -0.797. The van der Waals surface area contributed by atoms with Gasteiger partial charge < -0.3 is 26.8 Å². The summed E-state index contributed by atoms with van der Waals surface area (Å²) in [7, 11) is 1.52. The van der Waals surface area contributed by atoms with Crippen molar-refractivity contribution in [2.45, 2.75) is 37.8 Å². The fourth-order valence-corrected chi connectivity index (χ4v) is 3.96. The van der Waals surface area contributed by atoms with Gasteiger partial charge in [0.2, 0.25) is 5.88 Å². The molecular weight excluding hydrogens is 423 g/mol. The monoisotopic (exact) mass is 450 g/mol. The predicted octanol–water partition coefficient (Wildman–Crippen LogP) is 3.82. The van der Waals surface area contributed by atoms with Crippen LogP contribution in [0.15, 0.2) is 48.5 Å². The van der Waals surface area contributed by atoms with Crippen LogP contribution in [0.2, 0.25) is 0 Å². The molecule has 9 heteroatoms.